The second kappa shape index (κ2) is 13.7. The Bertz CT molecular complexity index is 1510. The van der Waals surface area contributed by atoms with Gasteiger partial charge in [0.2, 0.25) is 0 Å². The van der Waals surface area contributed by atoms with Gasteiger partial charge in [-0.05, 0) is 54.4 Å². The lowest BCUT2D eigenvalue weighted by Gasteiger charge is -2.34. The zero-order valence-corrected chi connectivity index (χ0v) is 25.9. The first kappa shape index (κ1) is 30.2. The summed E-state index contributed by atoms with van der Waals surface area (Å²) < 4.78 is 15.1. The fourth-order valence-electron chi connectivity index (χ4n) is 4.05. The number of amides is 1. The van der Waals surface area contributed by atoms with Crippen LogP contribution in [-0.2, 0) is 11.2 Å². The van der Waals surface area contributed by atoms with Crippen LogP contribution >= 0.6 is 42.9 Å². The van der Waals surface area contributed by atoms with Crippen molar-refractivity contribution in [3.63, 3.8) is 0 Å². The van der Waals surface area contributed by atoms with Crippen LogP contribution in [0.5, 0.6) is 5.75 Å². The number of carbonyl (C=O) groups is 1. The summed E-state index contributed by atoms with van der Waals surface area (Å²) >= 11 is 11.6. The van der Waals surface area contributed by atoms with Crippen molar-refractivity contribution in [3.05, 3.63) is 88.4 Å². The Labute approximate surface area is 249 Å². The summed E-state index contributed by atoms with van der Waals surface area (Å²) in [6, 6.07) is 21.0. The van der Waals surface area contributed by atoms with Crippen molar-refractivity contribution < 1.29 is 14.3 Å². The van der Waals surface area contributed by atoms with Crippen molar-refractivity contribution in [3.8, 4) is 5.75 Å². The average Bonchev–Trinajstić information content (AvgIpc) is 3.40. The molecule has 0 saturated heterocycles. The number of nitrogens with one attached hydrogen (secondary N) is 2. The summed E-state index contributed by atoms with van der Waals surface area (Å²) in [7, 11) is 2.76. The Kier molecular flexibility index (Phi) is 10.4. The number of nitrogens with zero attached hydrogens (tertiary/aromatic N) is 2. The Balaban J connectivity index is 1.67. The molecule has 1 heterocycles. The van der Waals surface area contributed by atoms with Gasteiger partial charge in [0.05, 0.1) is 30.0 Å². The first-order valence-corrected chi connectivity index (χ1v) is 17.0. The molecule has 0 aliphatic heterocycles. The average molecular weight is 616 g/mol. The van der Waals surface area contributed by atoms with Crippen molar-refractivity contribution in [1.29, 1.82) is 0 Å². The number of aromatic nitrogens is 1. The third-order valence-electron chi connectivity index (χ3n) is 6.14. The summed E-state index contributed by atoms with van der Waals surface area (Å²) in [5.74, 6) is 1.07. The molecule has 4 aromatic rings. The smallest absolute Gasteiger partial charge is 0.251 e. The third-order valence-corrected chi connectivity index (χ3v) is 10.7. The van der Waals surface area contributed by atoms with Gasteiger partial charge in [-0.25, -0.2) is 4.98 Å². The fourth-order valence-corrected chi connectivity index (χ4v) is 7.90. The van der Waals surface area contributed by atoms with Gasteiger partial charge >= 0.3 is 0 Å². The minimum Gasteiger partial charge on any atom is -0.497 e. The minimum atomic E-state index is -2.16. The van der Waals surface area contributed by atoms with Crippen LogP contribution in [0.25, 0.3) is 10.2 Å². The van der Waals surface area contributed by atoms with E-state index in [1.54, 1.807) is 38.7 Å². The van der Waals surface area contributed by atoms with Gasteiger partial charge in [0, 0.05) is 36.7 Å². The number of carbonyl (C=O) groups excluding carboxylic acids is 1. The molecule has 4 rings (SSSR count). The number of benzene rings is 3. The van der Waals surface area contributed by atoms with Crippen LogP contribution < -0.4 is 20.5 Å². The number of aliphatic imine (C=N–C) groups is 1. The molecule has 1 aromatic heterocycles. The molecule has 0 aliphatic carbocycles. The first-order valence-electron chi connectivity index (χ1n) is 12.4. The molecule has 0 bridgehead atoms. The molecule has 8 nitrogen and oxygen atoms in total. The molecule has 0 spiro atoms. The van der Waals surface area contributed by atoms with Crippen molar-refractivity contribution in [2.24, 2.45) is 10.7 Å². The molecule has 4 N–H and O–H groups in total. The highest BCUT2D eigenvalue weighted by atomic mass is 33.5. The van der Waals surface area contributed by atoms with Crippen LogP contribution in [0, 0.1) is 0 Å². The molecule has 0 saturated carbocycles. The van der Waals surface area contributed by atoms with E-state index >= 15 is 0 Å². The van der Waals surface area contributed by atoms with E-state index in [-0.39, 0.29) is 11.9 Å². The van der Waals surface area contributed by atoms with E-state index in [1.165, 1.54) is 0 Å². The Morgan fingerprint density at radius 1 is 1.10 bits per heavy atom. The maximum absolute atomic E-state index is 12.7. The van der Waals surface area contributed by atoms with Crippen molar-refractivity contribution in [1.82, 2.24) is 15.0 Å². The quantitative estimate of drug-likeness (QED) is 0.0483. The fraction of sp³-hybridized carbons (Fsp3) is 0.250. The maximum atomic E-state index is 12.7. The van der Waals surface area contributed by atoms with Gasteiger partial charge in [-0.1, -0.05) is 32.5 Å². The number of thiazole rings is 1. The number of methoxy groups -OCH3 is 2. The van der Waals surface area contributed by atoms with Crippen LogP contribution in [0.4, 0.5) is 0 Å². The van der Waals surface area contributed by atoms with Crippen LogP contribution in [0.2, 0.25) is 0 Å². The number of hydrogen-bond donors (Lipinski definition) is 5. The Morgan fingerprint density at radius 3 is 2.62 bits per heavy atom. The highest BCUT2D eigenvalue weighted by Gasteiger charge is 2.27. The predicted molar refractivity (Wildman–Crippen MR) is 173 cm³/mol. The second-order valence-electron chi connectivity index (χ2n) is 8.89. The molecule has 1 atom stereocenters. The lowest BCUT2D eigenvalue weighted by Crippen LogP contribution is -2.27. The molecule has 0 fully saturated rings. The summed E-state index contributed by atoms with van der Waals surface area (Å²) in [6.07, 6.45) is 0.606. The molecule has 1 unspecified atom stereocenters. The topological polar surface area (TPSA) is 111 Å². The van der Waals surface area contributed by atoms with Crippen molar-refractivity contribution in [2.75, 3.05) is 34.4 Å². The normalized spacial score (nSPS) is 13.3. The van der Waals surface area contributed by atoms with Crippen LogP contribution in [0.3, 0.4) is 0 Å². The minimum absolute atomic E-state index is 0.181. The largest absolute Gasteiger partial charge is 0.497 e. The summed E-state index contributed by atoms with van der Waals surface area (Å²) in [6.45, 7) is 0.863. The zero-order valence-electron chi connectivity index (χ0n) is 22.5. The molecule has 12 heteroatoms. The number of thiol groups is 2. The maximum Gasteiger partial charge on any atom is 0.251 e. The first-order chi connectivity index (χ1) is 19.2. The van der Waals surface area contributed by atoms with Gasteiger partial charge in [0.15, 0.2) is 0 Å². The van der Waals surface area contributed by atoms with Gasteiger partial charge in [0.1, 0.15) is 16.6 Å². The molecule has 0 radical (unpaired) electrons. The van der Waals surface area contributed by atoms with E-state index in [4.69, 9.17) is 43.5 Å². The zero-order chi connectivity index (χ0) is 28.7. The summed E-state index contributed by atoms with van der Waals surface area (Å²) in [5.41, 5.74) is 9.42. The Morgan fingerprint density at radius 2 is 1.88 bits per heavy atom. The van der Waals surface area contributed by atoms with Gasteiger partial charge in [-0.15, -0.1) is 34.7 Å². The van der Waals surface area contributed by atoms with Gasteiger partial charge < -0.3 is 20.5 Å². The number of amidine groups is 1. The molecular weight excluding hydrogens is 583 g/mol. The lowest BCUT2D eigenvalue weighted by molar-refractivity contribution is 0.0937. The number of hydrogen-bond acceptors (Lipinski definition) is 9. The van der Waals surface area contributed by atoms with Crippen molar-refractivity contribution in [2.45, 2.75) is 17.4 Å². The van der Waals surface area contributed by atoms with Crippen LogP contribution in [0.1, 0.15) is 32.5 Å². The van der Waals surface area contributed by atoms with Crippen LogP contribution in [-0.4, -0.2) is 51.1 Å². The molecule has 212 valence electrons. The van der Waals surface area contributed by atoms with E-state index in [0.29, 0.717) is 31.0 Å². The predicted octanol–water partition coefficient (Wildman–Crippen LogP) is 5.36. The molecule has 40 heavy (non-hydrogen) atoms. The SMILES string of the molecule is CN=C(N)c1cccc(CC(NS(S)(S)c2cccc(C(=O)NCCOC)c2)c2nc3ccc(OC)cc3s2)c1. The van der Waals surface area contributed by atoms with Gasteiger partial charge in [-0.3, -0.25) is 14.5 Å². The highest BCUT2D eigenvalue weighted by Crippen LogP contribution is 2.62. The van der Waals surface area contributed by atoms with E-state index in [1.807, 2.05) is 54.6 Å². The molecular formula is C28H33N5O3S4. The van der Waals surface area contributed by atoms with Crippen LogP contribution in [0.15, 0.2) is 76.6 Å². The number of fused-ring (bicyclic) bond motifs is 1. The lowest BCUT2D eigenvalue weighted by atomic mass is 10.0. The van der Waals surface area contributed by atoms with Gasteiger partial charge in [0.25, 0.3) is 5.91 Å². The van der Waals surface area contributed by atoms with Gasteiger partial charge in [-0.2, -0.15) is 0 Å². The molecule has 1 amide bonds. The summed E-state index contributed by atoms with van der Waals surface area (Å²) in [4.78, 5) is 22.6. The monoisotopic (exact) mass is 615 g/mol. The molecule has 0 aliphatic rings. The Hall–Kier alpha value is -2.74. The summed E-state index contributed by atoms with van der Waals surface area (Å²) in [5, 5.41) is 3.75. The number of ether oxygens (including phenoxy) is 2. The van der Waals surface area contributed by atoms with E-state index < -0.39 is 8.28 Å². The standard InChI is InChI=1S/C28H33N5O3S4/c1-30-26(29)19-7-4-6-18(14-19)15-24(28-32-23-11-10-21(36-3)17-25(23)39-28)33-40(37,38)22-9-5-8-20(16-22)27(34)31-12-13-35-2/h4-11,14,16-17,24,33,37-38H,12-13,15H2,1-3H3,(H2,29,30)(H,31,34). The number of nitrogens with two attached hydrogens (primary N) is 1. The second-order valence-corrected chi connectivity index (χ2v) is 15.9. The van der Waals surface area contributed by atoms with Crippen molar-refractivity contribution >= 4 is 64.9 Å². The van der Waals surface area contributed by atoms with E-state index in [2.05, 4.69) is 21.1 Å². The molecule has 3 aromatic carbocycles. The highest BCUT2D eigenvalue weighted by molar-refractivity contribution is 9.17. The van der Waals surface area contributed by atoms with E-state index in [9.17, 15) is 4.79 Å². The third kappa shape index (κ3) is 7.50. The van der Waals surface area contributed by atoms with E-state index in [0.717, 1.165) is 37.0 Å². The number of rotatable bonds is 12.